The van der Waals surface area contributed by atoms with Gasteiger partial charge in [-0.25, -0.2) is 9.36 Å². The van der Waals surface area contributed by atoms with E-state index in [4.69, 9.17) is 0 Å². The van der Waals surface area contributed by atoms with Crippen molar-refractivity contribution in [1.82, 2.24) is 19.6 Å². The number of benzene rings is 2. The third-order valence-electron chi connectivity index (χ3n) is 4.83. The van der Waals surface area contributed by atoms with Crippen molar-refractivity contribution in [3.05, 3.63) is 82.4 Å². The van der Waals surface area contributed by atoms with Gasteiger partial charge in [0.05, 0.1) is 5.69 Å². The van der Waals surface area contributed by atoms with Crippen LogP contribution in [0.2, 0.25) is 0 Å². The Morgan fingerprint density at radius 2 is 1.76 bits per heavy atom. The molecule has 1 N–H and O–H groups in total. The normalized spacial score (nSPS) is 12.1. The highest BCUT2D eigenvalue weighted by molar-refractivity contribution is 6.03. The van der Waals surface area contributed by atoms with E-state index in [9.17, 15) is 9.59 Å². The van der Waals surface area contributed by atoms with Crippen LogP contribution in [0.1, 0.15) is 24.4 Å². The number of hydrogen-bond donors (Lipinski definition) is 1. The van der Waals surface area contributed by atoms with Gasteiger partial charge in [0.1, 0.15) is 6.04 Å². The molecule has 0 aliphatic heterocycles. The van der Waals surface area contributed by atoms with E-state index in [2.05, 4.69) is 15.5 Å². The van der Waals surface area contributed by atoms with Gasteiger partial charge in [0.15, 0.2) is 5.82 Å². The number of fused-ring (bicyclic) bond motifs is 1. The lowest BCUT2D eigenvalue weighted by atomic mass is 10.1. The summed E-state index contributed by atoms with van der Waals surface area (Å²) < 4.78 is 2.84. The summed E-state index contributed by atoms with van der Waals surface area (Å²) in [5.74, 6) is 0.168. The van der Waals surface area contributed by atoms with Crippen molar-refractivity contribution in [2.45, 2.75) is 26.8 Å². The quantitative estimate of drug-likeness (QED) is 0.582. The van der Waals surface area contributed by atoms with E-state index in [0.29, 0.717) is 11.5 Å². The first-order valence-electron chi connectivity index (χ1n) is 9.36. The van der Waals surface area contributed by atoms with Crippen molar-refractivity contribution in [3.8, 4) is 5.82 Å². The maximum absolute atomic E-state index is 12.9. The maximum Gasteiger partial charge on any atom is 0.267 e. The topological polar surface area (TPSA) is 81.8 Å². The van der Waals surface area contributed by atoms with Gasteiger partial charge in [0, 0.05) is 22.8 Å². The van der Waals surface area contributed by atoms with Gasteiger partial charge < -0.3 is 5.32 Å². The standard InChI is InChI=1S/C22H21N5O2/c1-14-13-15(2)26(24-14)20-11-12-21(28)27(25-20)16(3)22(29)23-19-10-6-8-17-7-4-5-9-18(17)19/h4-13,16H,1-3H3,(H,23,29). The van der Waals surface area contributed by atoms with E-state index >= 15 is 0 Å². The summed E-state index contributed by atoms with van der Waals surface area (Å²) in [6.45, 7) is 5.45. The Balaban J connectivity index is 1.66. The first-order chi connectivity index (χ1) is 13.9. The van der Waals surface area contributed by atoms with Crippen LogP contribution in [0.25, 0.3) is 16.6 Å². The first-order valence-corrected chi connectivity index (χ1v) is 9.36. The van der Waals surface area contributed by atoms with Crippen molar-refractivity contribution in [2.24, 2.45) is 0 Å². The Labute approximate surface area is 167 Å². The Hall–Kier alpha value is -3.74. The van der Waals surface area contributed by atoms with Gasteiger partial charge in [0.2, 0.25) is 5.91 Å². The minimum atomic E-state index is -0.793. The highest BCUT2D eigenvalue weighted by Crippen LogP contribution is 2.23. The summed E-state index contributed by atoms with van der Waals surface area (Å²) in [5.41, 5.74) is 2.09. The molecule has 0 bridgehead atoms. The molecule has 0 spiro atoms. The summed E-state index contributed by atoms with van der Waals surface area (Å²) in [7, 11) is 0. The van der Waals surface area contributed by atoms with Crippen LogP contribution in [-0.2, 0) is 4.79 Å². The number of aromatic nitrogens is 4. The number of aryl methyl sites for hydroxylation is 2. The van der Waals surface area contributed by atoms with Crippen LogP contribution in [0.4, 0.5) is 5.69 Å². The summed E-state index contributed by atoms with van der Waals surface area (Å²) in [6.07, 6.45) is 0. The molecule has 0 saturated heterocycles. The molecule has 4 rings (SSSR count). The molecule has 2 heterocycles. The van der Waals surface area contributed by atoms with Crippen LogP contribution in [-0.4, -0.2) is 25.5 Å². The van der Waals surface area contributed by atoms with Crippen LogP contribution >= 0.6 is 0 Å². The molecule has 0 radical (unpaired) electrons. The summed E-state index contributed by atoms with van der Waals surface area (Å²) in [4.78, 5) is 25.3. The second-order valence-corrected chi connectivity index (χ2v) is 7.01. The second-order valence-electron chi connectivity index (χ2n) is 7.01. The third-order valence-corrected chi connectivity index (χ3v) is 4.83. The van der Waals surface area contributed by atoms with Gasteiger partial charge in [-0.3, -0.25) is 9.59 Å². The Morgan fingerprint density at radius 1 is 1.00 bits per heavy atom. The number of carbonyl (C=O) groups is 1. The second kappa shape index (κ2) is 7.35. The number of nitrogens with one attached hydrogen (secondary N) is 1. The fraction of sp³-hybridized carbons (Fsp3) is 0.182. The van der Waals surface area contributed by atoms with Crippen molar-refractivity contribution >= 4 is 22.4 Å². The molecule has 0 fully saturated rings. The number of rotatable bonds is 4. The van der Waals surface area contributed by atoms with E-state index in [1.807, 2.05) is 62.4 Å². The molecule has 29 heavy (non-hydrogen) atoms. The zero-order chi connectivity index (χ0) is 20.5. The lowest BCUT2D eigenvalue weighted by Crippen LogP contribution is -2.33. The molecule has 2 aromatic carbocycles. The van der Waals surface area contributed by atoms with Gasteiger partial charge in [-0.1, -0.05) is 36.4 Å². The minimum Gasteiger partial charge on any atom is -0.324 e. The molecule has 1 amide bonds. The summed E-state index contributed by atoms with van der Waals surface area (Å²) in [6, 6.07) is 17.7. The lowest BCUT2D eigenvalue weighted by molar-refractivity contribution is -0.119. The molecule has 0 aliphatic rings. The summed E-state index contributed by atoms with van der Waals surface area (Å²) >= 11 is 0. The van der Waals surface area contributed by atoms with E-state index in [1.165, 1.54) is 10.7 Å². The summed E-state index contributed by atoms with van der Waals surface area (Å²) in [5, 5.41) is 13.7. The van der Waals surface area contributed by atoms with Crippen molar-refractivity contribution < 1.29 is 4.79 Å². The molecule has 0 aliphatic carbocycles. The van der Waals surface area contributed by atoms with Crippen LogP contribution < -0.4 is 10.9 Å². The number of amides is 1. The molecular weight excluding hydrogens is 366 g/mol. The smallest absolute Gasteiger partial charge is 0.267 e. The third kappa shape index (κ3) is 3.54. The Bertz CT molecular complexity index is 1270. The number of carbonyl (C=O) groups excluding carboxylic acids is 1. The lowest BCUT2D eigenvalue weighted by Gasteiger charge is -2.16. The van der Waals surface area contributed by atoms with Gasteiger partial charge >= 0.3 is 0 Å². The predicted octanol–water partition coefficient (Wildman–Crippen LogP) is 3.40. The van der Waals surface area contributed by atoms with Crippen molar-refractivity contribution in [2.75, 3.05) is 5.32 Å². The fourth-order valence-electron chi connectivity index (χ4n) is 3.35. The average molecular weight is 387 g/mol. The van der Waals surface area contributed by atoms with Crippen LogP contribution in [0.5, 0.6) is 0 Å². The molecule has 146 valence electrons. The highest BCUT2D eigenvalue weighted by atomic mass is 16.2. The molecule has 1 unspecified atom stereocenters. The van der Waals surface area contributed by atoms with E-state index in [0.717, 1.165) is 22.2 Å². The molecule has 1 atom stereocenters. The predicted molar refractivity (Wildman–Crippen MR) is 112 cm³/mol. The average Bonchev–Trinajstić information content (AvgIpc) is 3.06. The Morgan fingerprint density at radius 3 is 2.52 bits per heavy atom. The molecule has 7 nitrogen and oxygen atoms in total. The molecule has 2 aromatic heterocycles. The molecule has 7 heteroatoms. The van der Waals surface area contributed by atoms with Gasteiger partial charge in [-0.05, 0) is 44.4 Å². The number of anilines is 1. The Kier molecular flexibility index (Phi) is 4.72. The zero-order valence-corrected chi connectivity index (χ0v) is 16.5. The number of nitrogens with zero attached hydrogens (tertiary/aromatic N) is 4. The molecule has 4 aromatic rings. The van der Waals surface area contributed by atoms with Crippen LogP contribution in [0.3, 0.4) is 0 Å². The van der Waals surface area contributed by atoms with Crippen molar-refractivity contribution in [1.29, 1.82) is 0 Å². The van der Waals surface area contributed by atoms with Gasteiger partial charge in [-0.15, -0.1) is 5.10 Å². The SMILES string of the molecule is Cc1cc(C)n(-c2ccc(=O)n(C(C)C(=O)Nc3cccc4ccccc34)n2)n1. The van der Waals surface area contributed by atoms with E-state index in [1.54, 1.807) is 17.7 Å². The van der Waals surface area contributed by atoms with Gasteiger partial charge in [-0.2, -0.15) is 5.10 Å². The first kappa shape index (κ1) is 18.6. The van der Waals surface area contributed by atoms with Crippen LogP contribution in [0.15, 0.2) is 65.5 Å². The maximum atomic E-state index is 12.9. The van der Waals surface area contributed by atoms with Gasteiger partial charge in [0.25, 0.3) is 5.56 Å². The van der Waals surface area contributed by atoms with Crippen molar-refractivity contribution in [3.63, 3.8) is 0 Å². The van der Waals surface area contributed by atoms with E-state index in [-0.39, 0.29) is 11.5 Å². The monoisotopic (exact) mass is 387 g/mol. The van der Waals surface area contributed by atoms with Crippen LogP contribution in [0, 0.1) is 13.8 Å². The molecular formula is C22H21N5O2. The largest absolute Gasteiger partial charge is 0.324 e. The fourth-order valence-corrected chi connectivity index (χ4v) is 3.35. The molecule has 0 saturated carbocycles. The highest BCUT2D eigenvalue weighted by Gasteiger charge is 2.19. The minimum absolute atomic E-state index is 0.318. The number of hydrogen-bond acceptors (Lipinski definition) is 4. The van der Waals surface area contributed by atoms with E-state index < -0.39 is 6.04 Å². The zero-order valence-electron chi connectivity index (χ0n) is 16.5.